The zero-order valence-electron chi connectivity index (χ0n) is 16.1. The number of ketones is 2. The van der Waals surface area contributed by atoms with Crippen LogP contribution in [-0.2, 0) is 0 Å². The van der Waals surface area contributed by atoms with Crippen molar-refractivity contribution in [2.75, 3.05) is 34.5 Å². The van der Waals surface area contributed by atoms with Gasteiger partial charge in [-0.15, -0.1) is 0 Å². The summed E-state index contributed by atoms with van der Waals surface area (Å²) in [6.45, 7) is 0.760. The Kier molecular flexibility index (Phi) is 6.03. The Morgan fingerprint density at radius 3 is 2.29 bits per heavy atom. The SMILES string of the molecule is COc1ccccc1C(=O)CCC(=O)c1c(OC)cc2c(c1OC)OCCO2. The van der Waals surface area contributed by atoms with Gasteiger partial charge in [-0.1, -0.05) is 12.1 Å². The fourth-order valence-corrected chi connectivity index (χ4v) is 3.11. The lowest BCUT2D eigenvalue weighted by Gasteiger charge is -2.23. The van der Waals surface area contributed by atoms with Crippen molar-refractivity contribution in [3.8, 4) is 28.7 Å². The molecule has 28 heavy (non-hydrogen) atoms. The zero-order valence-corrected chi connectivity index (χ0v) is 16.1. The van der Waals surface area contributed by atoms with Crippen molar-refractivity contribution in [2.24, 2.45) is 0 Å². The van der Waals surface area contributed by atoms with Gasteiger partial charge in [0.1, 0.15) is 30.3 Å². The van der Waals surface area contributed by atoms with Gasteiger partial charge in [-0.25, -0.2) is 0 Å². The van der Waals surface area contributed by atoms with Crippen LogP contribution in [0.25, 0.3) is 0 Å². The predicted octanol–water partition coefficient (Wildman–Crippen LogP) is 3.33. The Morgan fingerprint density at radius 1 is 0.893 bits per heavy atom. The van der Waals surface area contributed by atoms with E-state index >= 15 is 0 Å². The molecule has 0 aromatic heterocycles. The van der Waals surface area contributed by atoms with E-state index in [0.29, 0.717) is 41.8 Å². The smallest absolute Gasteiger partial charge is 0.204 e. The molecule has 0 N–H and O–H groups in total. The number of benzene rings is 2. The summed E-state index contributed by atoms with van der Waals surface area (Å²) in [5.74, 6) is 1.42. The van der Waals surface area contributed by atoms with E-state index in [9.17, 15) is 9.59 Å². The quantitative estimate of drug-likeness (QED) is 0.644. The minimum atomic E-state index is -0.283. The second-order valence-corrected chi connectivity index (χ2v) is 6.06. The molecule has 0 saturated heterocycles. The molecule has 1 aliphatic heterocycles. The van der Waals surface area contributed by atoms with Gasteiger partial charge < -0.3 is 23.7 Å². The minimum Gasteiger partial charge on any atom is -0.496 e. The molecule has 3 rings (SSSR count). The molecule has 0 amide bonds. The van der Waals surface area contributed by atoms with Crippen LogP contribution in [0.2, 0.25) is 0 Å². The van der Waals surface area contributed by atoms with E-state index in [2.05, 4.69) is 0 Å². The van der Waals surface area contributed by atoms with Gasteiger partial charge in [0.15, 0.2) is 23.1 Å². The van der Waals surface area contributed by atoms with E-state index in [-0.39, 0.29) is 35.7 Å². The van der Waals surface area contributed by atoms with Gasteiger partial charge in [0, 0.05) is 18.9 Å². The molecule has 0 atom stereocenters. The van der Waals surface area contributed by atoms with E-state index in [1.54, 1.807) is 30.3 Å². The molecule has 0 radical (unpaired) electrons. The van der Waals surface area contributed by atoms with Crippen molar-refractivity contribution < 1.29 is 33.3 Å². The number of fused-ring (bicyclic) bond motifs is 1. The molecule has 2 aromatic rings. The highest BCUT2D eigenvalue weighted by Gasteiger charge is 2.28. The molecule has 0 bridgehead atoms. The van der Waals surface area contributed by atoms with Crippen molar-refractivity contribution in [1.82, 2.24) is 0 Å². The molecule has 0 spiro atoms. The topological polar surface area (TPSA) is 80.3 Å². The summed E-state index contributed by atoms with van der Waals surface area (Å²) < 4.78 is 27.2. The number of carbonyl (C=O) groups is 2. The van der Waals surface area contributed by atoms with Gasteiger partial charge in [-0.05, 0) is 12.1 Å². The van der Waals surface area contributed by atoms with Crippen LogP contribution in [0, 0.1) is 0 Å². The lowest BCUT2D eigenvalue weighted by atomic mass is 9.99. The molecule has 0 saturated carbocycles. The number of hydrogen-bond donors (Lipinski definition) is 0. The highest BCUT2D eigenvalue weighted by molar-refractivity contribution is 6.06. The molecular weight excluding hydrogens is 364 g/mol. The average Bonchev–Trinajstić information content (AvgIpc) is 2.75. The summed E-state index contributed by atoms with van der Waals surface area (Å²) in [6.07, 6.45) is 0.0171. The summed E-state index contributed by atoms with van der Waals surface area (Å²) in [7, 11) is 4.41. The van der Waals surface area contributed by atoms with E-state index in [0.717, 1.165) is 0 Å². The molecule has 2 aromatic carbocycles. The molecule has 0 fully saturated rings. The first-order valence-electron chi connectivity index (χ1n) is 8.84. The standard InChI is InChI=1S/C21H22O7/c1-24-16-7-5-4-6-13(16)14(22)8-9-15(23)19-17(25-2)12-18-20(21(19)26-3)28-11-10-27-18/h4-7,12H,8-11H2,1-3H3. The van der Waals surface area contributed by atoms with E-state index in [4.69, 9.17) is 23.7 Å². The maximum absolute atomic E-state index is 12.9. The van der Waals surface area contributed by atoms with E-state index in [1.807, 2.05) is 0 Å². The highest BCUT2D eigenvalue weighted by atomic mass is 16.6. The van der Waals surface area contributed by atoms with Crippen molar-refractivity contribution >= 4 is 11.6 Å². The molecule has 0 aliphatic carbocycles. The normalized spacial score (nSPS) is 12.2. The second-order valence-electron chi connectivity index (χ2n) is 6.06. The van der Waals surface area contributed by atoms with Gasteiger partial charge in [-0.2, -0.15) is 0 Å². The number of hydrogen-bond acceptors (Lipinski definition) is 7. The summed E-state index contributed by atoms with van der Waals surface area (Å²) in [5, 5.41) is 0. The summed E-state index contributed by atoms with van der Waals surface area (Å²) >= 11 is 0. The largest absolute Gasteiger partial charge is 0.496 e. The number of rotatable bonds is 8. The summed E-state index contributed by atoms with van der Waals surface area (Å²) in [6, 6.07) is 8.53. The van der Waals surface area contributed by atoms with Crippen LogP contribution in [0.15, 0.2) is 30.3 Å². The van der Waals surface area contributed by atoms with Crippen LogP contribution in [0.4, 0.5) is 0 Å². The van der Waals surface area contributed by atoms with Crippen LogP contribution >= 0.6 is 0 Å². The Bertz CT molecular complexity index is 889. The lowest BCUT2D eigenvalue weighted by Crippen LogP contribution is -2.18. The van der Waals surface area contributed by atoms with Gasteiger partial charge >= 0.3 is 0 Å². The maximum atomic E-state index is 12.9. The number of Topliss-reactive ketones (excluding diaryl/α,β-unsaturated/α-hetero) is 2. The lowest BCUT2D eigenvalue weighted by molar-refractivity contribution is 0.0911. The first kappa shape index (κ1) is 19.5. The molecule has 148 valence electrons. The third kappa shape index (κ3) is 3.74. The second kappa shape index (κ2) is 8.65. The monoisotopic (exact) mass is 386 g/mol. The molecule has 1 heterocycles. The first-order chi connectivity index (χ1) is 13.6. The third-order valence-electron chi connectivity index (χ3n) is 4.44. The predicted molar refractivity (Wildman–Crippen MR) is 101 cm³/mol. The van der Waals surface area contributed by atoms with Crippen molar-refractivity contribution in [2.45, 2.75) is 12.8 Å². The summed E-state index contributed by atoms with van der Waals surface area (Å²) in [4.78, 5) is 25.5. The Labute approximate surface area is 163 Å². The van der Waals surface area contributed by atoms with Gasteiger partial charge in [-0.3, -0.25) is 9.59 Å². The minimum absolute atomic E-state index is 0.0107. The number of ether oxygens (including phenoxy) is 5. The molecule has 0 unspecified atom stereocenters. The number of carbonyl (C=O) groups excluding carboxylic acids is 2. The van der Waals surface area contributed by atoms with Crippen molar-refractivity contribution in [3.63, 3.8) is 0 Å². The molecule has 7 heteroatoms. The Morgan fingerprint density at radius 2 is 1.57 bits per heavy atom. The van der Waals surface area contributed by atoms with Crippen LogP contribution < -0.4 is 23.7 Å². The first-order valence-corrected chi connectivity index (χ1v) is 8.84. The van der Waals surface area contributed by atoms with Gasteiger partial charge in [0.05, 0.1) is 26.9 Å². The van der Waals surface area contributed by atoms with Gasteiger partial charge in [0.2, 0.25) is 5.75 Å². The van der Waals surface area contributed by atoms with Gasteiger partial charge in [0.25, 0.3) is 0 Å². The molecule has 7 nitrogen and oxygen atoms in total. The average molecular weight is 386 g/mol. The van der Waals surface area contributed by atoms with Crippen molar-refractivity contribution in [1.29, 1.82) is 0 Å². The molecular formula is C21H22O7. The number of para-hydroxylation sites is 1. The fraction of sp³-hybridized carbons (Fsp3) is 0.333. The van der Waals surface area contributed by atoms with Crippen LogP contribution in [0.1, 0.15) is 33.6 Å². The third-order valence-corrected chi connectivity index (χ3v) is 4.44. The highest BCUT2D eigenvalue weighted by Crippen LogP contribution is 2.47. The Hall–Kier alpha value is -3.22. The fourth-order valence-electron chi connectivity index (χ4n) is 3.11. The zero-order chi connectivity index (χ0) is 20.1. The molecule has 1 aliphatic rings. The van der Waals surface area contributed by atoms with Crippen LogP contribution in [-0.4, -0.2) is 46.1 Å². The Balaban J connectivity index is 1.85. The van der Waals surface area contributed by atoms with Crippen molar-refractivity contribution in [3.05, 3.63) is 41.5 Å². The number of methoxy groups -OCH3 is 3. The maximum Gasteiger partial charge on any atom is 0.204 e. The van der Waals surface area contributed by atoms with Crippen LogP contribution in [0.3, 0.4) is 0 Å². The van der Waals surface area contributed by atoms with Crippen LogP contribution in [0.5, 0.6) is 28.7 Å². The van der Waals surface area contributed by atoms with E-state index < -0.39 is 0 Å². The van der Waals surface area contributed by atoms with E-state index in [1.165, 1.54) is 21.3 Å². The summed E-state index contributed by atoms with van der Waals surface area (Å²) in [5.41, 5.74) is 0.681.